The molecule has 3 aromatic rings. The minimum absolute atomic E-state index is 0.196. The van der Waals surface area contributed by atoms with E-state index in [4.69, 9.17) is 14.5 Å². The van der Waals surface area contributed by atoms with Crippen LogP contribution in [0.4, 0.5) is 10.1 Å². The molecule has 288 valence electrons. The van der Waals surface area contributed by atoms with E-state index in [0.29, 0.717) is 23.7 Å². The maximum absolute atomic E-state index is 13.8. The number of aryl methyl sites for hydroxylation is 2. The highest BCUT2D eigenvalue weighted by Crippen LogP contribution is 2.46. The minimum Gasteiger partial charge on any atom is -0.479 e. The van der Waals surface area contributed by atoms with Gasteiger partial charge in [-0.2, -0.15) is 0 Å². The third-order valence-corrected chi connectivity index (χ3v) is 11.5. The number of benzene rings is 2. The second-order valence-electron chi connectivity index (χ2n) is 17.6. The lowest BCUT2D eigenvalue weighted by Gasteiger charge is -2.41. The van der Waals surface area contributed by atoms with Crippen LogP contribution >= 0.6 is 0 Å². The van der Waals surface area contributed by atoms with Crippen molar-refractivity contribution >= 4 is 11.7 Å². The van der Waals surface area contributed by atoms with Crippen molar-refractivity contribution in [3.63, 3.8) is 0 Å². The molecule has 2 fully saturated rings. The van der Waals surface area contributed by atoms with Gasteiger partial charge in [-0.15, -0.1) is 0 Å². The molecular formula is C44H61FN4O4. The van der Waals surface area contributed by atoms with E-state index in [1.807, 2.05) is 40.7 Å². The summed E-state index contributed by atoms with van der Waals surface area (Å²) in [4.78, 5) is 25.7. The first-order chi connectivity index (χ1) is 25.1. The average Bonchev–Trinajstić information content (AvgIpc) is 3.08. The molecule has 53 heavy (non-hydrogen) atoms. The second-order valence-corrected chi connectivity index (χ2v) is 17.6. The highest BCUT2D eigenvalue weighted by molar-refractivity contribution is 5.88. The van der Waals surface area contributed by atoms with Crippen LogP contribution in [0.1, 0.15) is 106 Å². The van der Waals surface area contributed by atoms with Gasteiger partial charge in [0.15, 0.2) is 6.10 Å². The number of nitrogens with zero attached hydrogens (tertiary/aromatic N) is 4. The summed E-state index contributed by atoms with van der Waals surface area (Å²) in [6.45, 7) is 21.7. The van der Waals surface area contributed by atoms with Crippen LogP contribution in [0.3, 0.4) is 0 Å². The normalized spacial score (nSPS) is 19.0. The maximum atomic E-state index is 13.8. The van der Waals surface area contributed by atoms with Gasteiger partial charge in [0.25, 0.3) is 0 Å². The van der Waals surface area contributed by atoms with E-state index < -0.39 is 17.7 Å². The number of piperidine rings is 1. The Kier molecular flexibility index (Phi) is 12.0. The van der Waals surface area contributed by atoms with Crippen LogP contribution in [0, 0.1) is 31.0 Å². The molecule has 6 rings (SSSR count). The first-order valence-electron chi connectivity index (χ1n) is 19.6. The van der Waals surface area contributed by atoms with Crippen LogP contribution in [0.25, 0.3) is 11.1 Å². The first-order valence-corrected chi connectivity index (χ1v) is 19.6. The molecule has 0 saturated carbocycles. The van der Waals surface area contributed by atoms with Gasteiger partial charge in [0, 0.05) is 75.8 Å². The molecule has 3 aliphatic rings. The molecule has 0 amide bonds. The molecule has 0 unspecified atom stereocenters. The van der Waals surface area contributed by atoms with Crippen molar-refractivity contribution in [2.75, 3.05) is 51.3 Å². The molecule has 0 bridgehead atoms. The molecule has 2 aromatic carbocycles. The number of aliphatic carboxylic acids is 1. The zero-order valence-corrected chi connectivity index (χ0v) is 33.4. The van der Waals surface area contributed by atoms with Gasteiger partial charge >= 0.3 is 5.97 Å². The molecule has 0 aliphatic carbocycles. The van der Waals surface area contributed by atoms with E-state index in [0.717, 1.165) is 118 Å². The fourth-order valence-corrected chi connectivity index (χ4v) is 8.41. The number of carboxylic acids is 1. The van der Waals surface area contributed by atoms with Crippen LogP contribution in [0.15, 0.2) is 36.4 Å². The van der Waals surface area contributed by atoms with Gasteiger partial charge in [-0.3, -0.25) is 9.88 Å². The molecule has 2 saturated heterocycles. The van der Waals surface area contributed by atoms with Gasteiger partial charge in [-0.1, -0.05) is 38.1 Å². The Morgan fingerprint density at radius 3 is 2.45 bits per heavy atom. The predicted octanol–water partition coefficient (Wildman–Crippen LogP) is 8.49. The van der Waals surface area contributed by atoms with E-state index in [1.54, 1.807) is 12.1 Å². The van der Waals surface area contributed by atoms with Crippen LogP contribution in [0.2, 0.25) is 0 Å². The van der Waals surface area contributed by atoms with Gasteiger partial charge in [0.2, 0.25) is 0 Å². The number of hydrogen-bond acceptors (Lipinski definition) is 7. The lowest BCUT2D eigenvalue weighted by molar-refractivity contribution is -0.160. The number of carboxylic acid groups (broad SMARTS) is 1. The zero-order chi connectivity index (χ0) is 38.1. The lowest BCUT2D eigenvalue weighted by atomic mass is 9.81. The topological polar surface area (TPSA) is 78.4 Å². The number of pyridine rings is 1. The van der Waals surface area contributed by atoms with Gasteiger partial charge in [-0.25, -0.2) is 9.18 Å². The number of aromatic nitrogens is 1. The SMILES string of the molecule is Cc1cc(F)ccc1CN1CCc2cc(-c3c(CN(C)CC4CCOCC4)nc(C)c([C@H](OC(C)(C)C)C(=O)O)c3N3CCC(C)(C)CC3)ccc2C1. The van der Waals surface area contributed by atoms with Gasteiger partial charge in [0.05, 0.1) is 17.0 Å². The van der Waals surface area contributed by atoms with Crippen molar-refractivity contribution < 1.29 is 23.8 Å². The lowest BCUT2D eigenvalue weighted by Crippen LogP contribution is -2.39. The summed E-state index contributed by atoms with van der Waals surface area (Å²) in [5, 5.41) is 10.8. The molecule has 1 atom stereocenters. The van der Waals surface area contributed by atoms with Crippen molar-refractivity contribution in [3.8, 4) is 11.1 Å². The summed E-state index contributed by atoms with van der Waals surface area (Å²) in [5.41, 5.74) is 9.69. The number of anilines is 1. The highest BCUT2D eigenvalue weighted by atomic mass is 19.1. The fraction of sp³-hybridized carbons (Fsp3) is 0.591. The Bertz CT molecular complexity index is 1770. The fourth-order valence-electron chi connectivity index (χ4n) is 8.41. The van der Waals surface area contributed by atoms with E-state index in [9.17, 15) is 14.3 Å². The van der Waals surface area contributed by atoms with E-state index in [2.05, 4.69) is 53.8 Å². The van der Waals surface area contributed by atoms with Gasteiger partial charge < -0.3 is 24.4 Å². The molecule has 8 nitrogen and oxygen atoms in total. The molecule has 1 aromatic heterocycles. The predicted molar refractivity (Wildman–Crippen MR) is 210 cm³/mol. The van der Waals surface area contributed by atoms with Crippen molar-refractivity contribution in [1.29, 1.82) is 0 Å². The largest absolute Gasteiger partial charge is 0.479 e. The van der Waals surface area contributed by atoms with Crippen LogP contribution in [-0.2, 0) is 40.3 Å². The maximum Gasteiger partial charge on any atom is 0.337 e. The smallest absolute Gasteiger partial charge is 0.337 e. The zero-order valence-electron chi connectivity index (χ0n) is 33.4. The Morgan fingerprint density at radius 2 is 1.79 bits per heavy atom. The number of ether oxygens (including phenoxy) is 2. The van der Waals surface area contributed by atoms with Gasteiger partial charge in [-0.05, 0) is 125 Å². The van der Waals surface area contributed by atoms with Crippen molar-refractivity contribution in [1.82, 2.24) is 14.8 Å². The third kappa shape index (κ3) is 9.66. The van der Waals surface area contributed by atoms with Crippen LogP contribution < -0.4 is 4.90 Å². The molecule has 3 aliphatic heterocycles. The standard InChI is InChI=1S/C44H61FN4O4/c1-29-23-36(45)12-11-34(29)26-48-18-13-32-24-33(9-10-35(32)27-48)39-37(28-47(8)25-31-14-21-52-22-15-31)46-30(2)38(41(42(50)51)53-43(3,4)5)40(39)49-19-16-44(6,7)17-20-49/h9-12,23-24,31,41H,13-22,25-28H2,1-8H3,(H,50,51)/t41-/m0/s1. The number of rotatable bonds is 11. The Hall–Kier alpha value is -3.37. The molecule has 0 spiro atoms. The van der Waals surface area contributed by atoms with Crippen molar-refractivity contribution in [2.45, 2.75) is 112 Å². The first kappa shape index (κ1) is 39.3. The Morgan fingerprint density at radius 1 is 1.08 bits per heavy atom. The second kappa shape index (κ2) is 16.2. The number of hydrogen-bond donors (Lipinski definition) is 1. The molecular weight excluding hydrogens is 668 g/mol. The number of halogens is 1. The average molecular weight is 729 g/mol. The monoisotopic (exact) mass is 728 g/mol. The third-order valence-electron chi connectivity index (χ3n) is 11.5. The van der Waals surface area contributed by atoms with Gasteiger partial charge in [0.1, 0.15) is 5.82 Å². The quantitative estimate of drug-likeness (QED) is 0.211. The Labute approximate surface area is 316 Å². The van der Waals surface area contributed by atoms with E-state index in [1.165, 1.54) is 11.1 Å². The summed E-state index contributed by atoms with van der Waals surface area (Å²) in [5.74, 6) is -0.623. The molecule has 0 radical (unpaired) electrons. The summed E-state index contributed by atoms with van der Waals surface area (Å²) in [6, 6.07) is 11.9. The van der Waals surface area contributed by atoms with Crippen molar-refractivity contribution in [3.05, 3.63) is 81.4 Å². The number of fused-ring (bicyclic) bond motifs is 1. The summed E-state index contributed by atoms with van der Waals surface area (Å²) in [6.07, 6.45) is 3.87. The molecule has 1 N–H and O–H groups in total. The molecule has 9 heteroatoms. The van der Waals surface area contributed by atoms with Crippen LogP contribution in [0.5, 0.6) is 0 Å². The van der Waals surface area contributed by atoms with E-state index in [-0.39, 0.29) is 11.2 Å². The van der Waals surface area contributed by atoms with Crippen LogP contribution in [-0.4, -0.2) is 77.9 Å². The summed E-state index contributed by atoms with van der Waals surface area (Å²) >= 11 is 0. The number of carbonyl (C=O) groups is 1. The van der Waals surface area contributed by atoms with E-state index >= 15 is 0 Å². The Balaban J connectivity index is 1.45. The molecule has 4 heterocycles. The summed E-state index contributed by atoms with van der Waals surface area (Å²) in [7, 11) is 2.18. The minimum atomic E-state index is -1.17. The summed E-state index contributed by atoms with van der Waals surface area (Å²) < 4.78 is 25.9. The van der Waals surface area contributed by atoms with Crippen molar-refractivity contribution in [2.24, 2.45) is 11.3 Å². The highest BCUT2D eigenvalue weighted by Gasteiger charge is 2.37.